The lowest BCUT2D eigenvalue weighted by atomic mass is 9.99. The van der Waals surface area contributed by atoms with E-state index in [0.717, 1.165) is 16.9 Å². The lowest BCUT2D eigenvalue weighted by Crippen LogP contribution is -2.44. The summed E-state index contributed by atoms with van der Waals surface area (Å²) in [5, 5.41) is 2.90. The normalized spacial score (nSPS) is 17.7. The van der Waals surface area contributed by atoms with Crippen molar-refractivity contribution >= 4 is 21.6 Å². The Morgan fingerprint density at radius 2 is 1.90 bits per heavy atom. The molecule has 0 spiro atoms. The van der Waals surface area contributed by atoms with Crippen molar-refractivity contribution in [2.45, 2.75) is 32.4 Å². The molecular formula is C22H28N2O4S. The van der Waals surface area contributed by atoms with Crippen molar-refractivity contribution < 1.29 is 17.9 Å². The Bertz CT molecular complexity index is 942. The molecule has 0 saturated carbocycles. The first kappa shape index (κ1) is 21.3. The molecule has 0 bridgehead atoms. The van der Waals surface area contributed by atoms with Gasteiger partial charge in [-0.05, 0) is 62.1 Å². The van der Waals surface area contributed by atoms with Gasteiger partial charge in [-0.1, -0.05) is 24.3 Å². The summed E-state index contributed by atoms with van der Waals surface area (Å²) in [6.07, 6.45) is 1.35. The lowest BCUT2D eigenvalue weighted by Gasteiger charge is -2.31. The number of anilines is 1. The molecule has 7 heteroatoms. The van der Waals surface area contributed by atoms with E-state index in [2.05, 4.69) is 5.32 Å². The summed E-state index contributed by atoms with van der Waals surface area (Å²) in [6.45, 7) is 5.09. The zero-order valence-electron chi connectivity index (χ0n) is 16.9. The monoisotopic (exact) mass is 416 g/mol. The van der Waals surface area contributed by atoms with Crippen LogP contribution in [0.25, 0.3) is 0 Å². The Hall–Kier alpha value is -2.38. The molecule has 1 aliphatic heterocycles. The van der Waals surface area contributed by atoms with Crippen molar-refractivity contribution in [1.29, 1.82) is 0 Å². The molecule has 6 nitrogen and oxygen atoms in total. The Kier molecular flexibility index (Phi) is 6.92. The van der Waals surface area contributed by atoms with E-state index in [1.54, 1.807) is 24.3 Å². The molecule has 0 aromatic heterocycles. The number of sulfonamides is 1. The van der Waals surface area contributed by atoms with Gasteiger partial charge < -0.3 is 10.1 Å². The highest BCUT2D eigenvalue weighted by atomic mass is 32.2. The molecule has 1 fully saturated rings. The van der Waals surface area contributed by atoms with Gasteiger partial charge in [0.25, 0.3) is 0 Å². The van der Waals surface area contributed by atoms with Crippen molar-refractivity contribution in [1.82, 2.24) is 4.31 Å². The molecule has 1 heterocycles. The Morgan fingerprint density at radius 3 is 2.59 bits per heavy atom. The van der Waals surface area contributed by atoms with E-state index < -0.39 is 10.0 Å². The average molecular weight is 417 g/mol. The fourth-order valence-electron chi connectivity index (χ4n) is 3.51. The Morgan fingerprint density at radius 1 is 1.17 bits per heavy atom. The molecule has 3 rings (SSSR count). The molecular weight excluding hydrogens is 388 g/mol. The van der Waals surface area contributed by atoms with Gasteiger partial charge in [0.2, 0.25) is 15.9 Å². The molecule has 156 valence electrons. The number of piperidine rings is 1. The standard InChI is InChI=1S/C22H28N2O4S/c1-3-28-21-12-10-20(11-13-21)23-22(25)18-9-6-14-24(15-18)29(26,27)16-19-8-5-4-7-17(19)2/h4-5,7-8,10-13,18H,3,6,9,14-16H2,1-2H3,(H,23,25). The molecule has 2 aromatic rings. The van der Waals surface area contributed by atoms with Crippen molar-refractivity contribution in [3.8, 4) is 5.75 Å². The lowest BCUT2D eigenvalue weighted by molar-refractivity contribution is -0.120. The van der Waals surface area contributed by atoms with E-state index in [4.69, 9.17) is 4.74 Å². The Balaban J connectivity index is 1.63. The molecule has 1 amide bonds. The first-order chi connectivity index (χ1) is 13.9. The van der Waals surface area contributed by atoms with Gasteiger partial charge in [-0.2, -0.15) is 0 Å². The quantitative estimate of drug-likeness (QED) is 0.749. The number of carbonyl (C=O) groups is 1. The topological polar surface area (TPSA) is 75.7 Å². The van der Waals surface area contributed by atoms with Crippen LogP contribution < -0.4 is 10.1 Å². The van der Waals surface area contributed by atoms with Crippen LogP contribution in [0.15, 0.2) is 48.5 Å². The summed E-state index contributed by atoms with van der Waals surface area (Å²) in [6, 6.07) is 14.7. The summed E-state index contributed by atoms with van der Waals surface area (Å²) in [5.41, 5.74) is 2.43. The van der Waals surface area contributed by atoms with Gasteiger partial charge in [0.05, 0.1) is 18.3 Å². The predicted molar refractivity (Wildman–Crippen MR) is 114 cm³/mol. The smallest absolute Gasteiger partial charge is 0.228 e. The third kappa shape index (κ3) is 5.58. The number of nitrogens with zero attached hydrogens (tertiary/aromatic N) is 1. The minimum atomic E-state index is -3.47. The molecule has 1 saturated heterocycles. The summed E-state index contributed by atoms with van der Waals surface area (Å²) >= 11 is 0. The fraction of sp³-hybridized carbons (Fsp3) is 0.409. The molecule has 1 N–H and O–H groups in total. The highest BCUT2D eigenvalue weighted by molar-refractivity contribution is 7.88. The Labute approximate surface area is 172 Å². The zero-order valence-corrected chi connectivity index (χ0v) is 17.7. The van der Waals surface area contributed by atoms with Crippen LogP contribution in [0.4, 0.5) is 5.69 Å². The number of benzene rings is 2. The largest absolute Gasteiger partial charge is 0.494 e. The molecule has 1 atom stereocenters. The van der Waals surface area contributed by atoms with Gasteiger partial charge in [0.15, 0.2) is 0 Å². The fourth-order valence-corrected chi connectivity index (χ4v) is 5.23. The van der Waals surface area contributed by atoms with Crippen LogP contribution >= 0.6 is 0 Å². The summed E-state index contributed by atoms with van der Waals surface area (Å²) < 4.78 is 32.7. The van der Waals surface area contributed by atoms with Crippen molar-refractivity contribution in [3.63, 3.8) is 0 Å². The second-order valence-electron chi connectivity index (χ2n) is 7.33. The molecule has 29 heavy (non-hydrogen) atoms. The number of hydrogen-bond acceptors (Lipinski definition) is 4. The average Bonchev–Trinajstić information content (AvgIpc) is 2.71. The van der Waals surface area contributed by atoms with E-state index in [0.29, 0.717) is 31.7 Å². The zero-order chi connectivity index (χ0) is 20.9. The number of ether oxygens (including phenoxy) is 1. The number of aryl methyl sites for hydroxylation is 1. The van der Waals surface area contributed by atoms with Gasteiger partial charge in [-0.15, -0.1) is 0 Å². The van der Waals surface area contributed by atoms with Gasteiger partial charge >= 0.3 is 0 Å². The van der Waals surface area contributed by atoms with Crippen LogP contribution in [0.2, 0.25) is 0 Å². The molecule has 1 unspecified atom stereocenters. The summed E-state index contributed by atoms with van der Waals surface area (Å²) in [7, 11) is -3.47. The first-order valence-corrected chi connectivity index (χ1v) is 11.6. The number of nitrogens with one attached hydrogen (secondary N) is 1. The van der Waals surface area contributed by atoms with Crippen LogP contribution in [-0.2, 0) is 20.6 Å². The van der Waals surface area contributed by atoms with Crippen LogP contribution in [0.1, 0.15) is 30.9 Å². The summed E-state index contributed by atoms with van der Waals surface area (Å²) in [4.78, 5) is 12.7. The number of carbonyl (C=O) groups excluding carboxylic acids is 1. The van der Waals surface area contributed by atoms with Gasteiger partial charge in [0, 0.05) is 18.8 Å². The minimum Gasteiger partial charge on any atom is -0.494 e. The second-order valence-corrected chi connectivity index (χ2v) is 9.30. The van der Waals surface area contributed by atoms with Crippen LogP contribution in [0.5, 0.6) is 5.75 Å². The second kappa shape index (κ2) is 9.41. The van der Waals surface area contributed by atoms with Crippen molar-refractivity contribution in [2.75, 3.05) is 25.0 Å². The van der Waals surface area contributed by atoms with E-state index in [1.807, 2.05) is 38.1 Å². The van der Waals surface area contributed by atoms with Gasteiger partial charge in [0.1, 0.15) is 5.75 Å². The van der Waals surface area contributed by atoms with Crippen LogP contribution in [-0.4, -0.2) is 38.3 Å². The number of amides is 1. The van der Waals surface area contributed by atoms with Crippen molar-refractivity contribution in [3.05, 3.63) is 59.7 Å². The number of hydrogen-bond donors (Lipinski definition) is 1. The molecule has 1 aliphatic rings. The van der Waals surface area contributed by atoms with E-state index >= 15 is 0 Å². The maximum Gasteiger partial charge on any atom is 0.228 e. The SMILES string of the molecule is CCOc1ccc(NC(=O)C2CCCN(S(=O)(=O)Cc3ccccc3C)C2)cc1. The van der Waals surface area contributed by atoms with Crippen molar-refractivity contribution in [2.24, 2.45) is 5.92 Å². The van der Waals surface area contributed by atoms with E-state index in [-0.39, 0.29) is 24.1 Å². The highest BCUT2D eigenvalue weighted by Gasteiger charge is 2.32. The molecule has 2 aromatic carbocycles. The maximum atomic E-state index is 12.9. The predicted octanol–water partition coefficient (Wildman–Crippen LogP) is 3.57. The molecule has 0 radical (unpaired) electrons. The van der Waals surface area contributed by atoms with Gasteiger partial charge in [-0.25, -0.2) is 12.7 Å². The first-order valence-electron chi connectivity index (χ1n) is 9.95. The summed E-state index contributed by atoms with van der Waals surface area (Å²) in [5.74, 6) is 0.205. The highest BCUT2D eigenvalue weighted by Crippen LogP contribution is 2.24. The minimum absolute atomic E-state index is 0.0348. The van der Waals surface area contributed by atoms with Gasteiger partial charge in [-0.3, -0.25) is 4.79 Å². The van der Waals surface area contributed by atoms with E-state index in [9.17, 15) is 13.2 Å². The number of rotatable bonds is 7. The molecule has 0 aliphatic carbocycles. The maximum absolute atomic E-state index is 12.9. The van der Waals surface area contributed by atoms with Crippen LogP contribution in [0, 0.1) is 12.8 Å². The third-order valence-corrected chi connectivity index (χ3v) is 6.97. The van der Waals surface area contributed by atoms with E-state index in [1.165, 1.54) is 4.31 Å². The third-order valence-electron chi connectivity index (χ3n) is 5.18. The van der Waals surface area contributed by atoms with Crippen LogP contribution in [0.3, 0.4) is 0 Å².